The summed E-state index contributed by atoms with van der Waals surface area (Å²) in [6.45, 7) is 10.1. The number of hydrogen-bond acceptors (Lipinski definition) is 6. The van der Waals surface area contributed by atoms with Crippen molar-refractivity contribution in [2.45, 2.75) is 26.3 Å². The summed E-state index contributed by atoms with van der Waals surface area (Å²) in [6.07, 6.45) is 0.736. The predicted molar refractivity (Wildman–Crippen MR) is 116 cm³/mol. The van der Waals surface area contributed by atoms with Gasteiger partial charge in [0.1, 0.15) is 17.2 Å². The molecule has 1 aromatic rings. The molecule has 0 spiro atoms. The maximum Gasteiger partial charge on any atom is 0.191 e. The molecule has 2 N–H and O–H groups in total. The van der Waals surface area contributed by atoms with Crippen LogP contribution in [-0.4, -0.2) is 84.2 Å². The zero-order valence-electron chi connectivity index (χ0n) is 18.4. The van der Waals surface area contributed by atoms with E-state index >= 15 is 0 Å². The summed E-state index contributed by atoms with van der Waals surface area (Å²) in [4.78, 5) is 7.18. The Morgan fingerprint density at radius 1 is 1.10 bits per heavy atom. The van der Waals surface area contributed by atoms with Crippen molar-refractivity contribution < 1.29 is 18.9 Å². The fourth-order valence-corrected chi connectivity index (χ4v) is 3.33. The number of hydrogen-bond donors (Lipinski definition) is 2. The minimum atomic E-state index is 0.385. The first-order valence-corrected chi connectivity index (χ1v) is 10.3. The molecule has 2 rings (SSSR count). The first-order valence-electron chi connectivity index (χ1n) is 10.3. The molecule has 8 heteroatoms. The largest absolute Gasteiger partial charge is 0.496 e. The predicted octanol–water partition coefficient (Wildman–Crippen LogP) is 1.53. The minimum Gasteiger partial charge on any atom is -0.496 e. The third-order valence-corrected chi connectivity index (χ3v) is 5.01. The van der Waals surface area contributed by atoms with Gasteiger partial charge in [0.25, 0.3) is 0 Å². The van der Waals surface area contributed by atoms with Gasteiger partial charge in [-0.1, -0.05) is 0 Å². The lowest BCUT2D eigenvalue weighted by Gasteiger charge is -2.31. The van der Waals surface area contributed by atoms with Gasteiger partial charge in [-0.2, -0.15) is 0 Å². The molecular formula is C21H36N4O4. The summed E-state index contributed by atoms with van der Waals surface area (Å²) in [5.41, 5.74) is 1.00. The smallest absolute Gasteiger partial charge is 0.191 e. The van der Waals surface area contributed by atoms with Crippen LogP contribution in [-0.2, 0) is 11.2 Å². The fourth-order valence-electron chi connectivity index (χ4n) is 3.33. The van der Waals surface area contributed by atoms with E-state index in [-0.39, 0.29) is 0 Å². The number of nitrogens with one attached hydrogen (secondary N) is 2. The lowest BCUT2D eigenvalue weighted by molar-refractivity contribution is 0.0220. The molecule has 29 heavy (non-hydrogen) atoms. The average molecular weight is 409 g/mol. The summed E-state index contributed by atoms with van der Waals surface area (Å²) < 4.78 is 21.8. The van der Waals surface area contributed by atoms with Crippen molar-refractivity contribution in [3.05, 3.63) is 17.7 Å². The van der Waals surface area contributed by atoms with Crippen LogP contribution in [0.15, 0.2) is 17.1 Å². The molecule has 1 saturated heterocycles. The molecular weight excluding hydrogens is 372 g/mol. The molecule has 1 aromatic carbocycles. The SMILES string of the molecule is CCNC(=NCC(C)N1CCOCC1)NCCc1c(OC)cc(OC)cc1OC. The molecule has 8 nitrogen and oxygen atoms in total. The molecule has 1 atom stereocenters. The van der Waals surface area contributed by atoms with Gasteiger partial charge in [-0.3, -0.25) is 9.89 Å². The second kappa shape index (κ2) is 12.4. The number of aliphatic imine (C=N–C) groups is 1. The molecule has 0 radical (unpaired) electrons. The molecule has 1 heterocycles. The van der Waals surface area contributed by atoms with Crippen molar-refractivity contribution in [3.63, 3.8) is 0 Å². The summed E-state index contributed by atoms with van der Waals surface area (Å²) in [7, 11) is 4.94. The molecule has 0 amide bonds. The van der Waals surface area contributed by atoms with Crippen LogP contribution in [0.3, 0.4) is 0 Å². The highest BCUT2D eigenvalue weighted by Gasteiger charge is 2.17. The number of methoxy groups -OCH3 is 3. The summed E-state index contributed by atoms with van der Waals surface area (Å²) in [6, 6.07) is 4.14. The number of nitrogens with zero attached hydrogens (tertiary/aromatic N) is 2. The molecule has 1 aliphatic rings. The van der Waals surface area contributed by atoms with Crippen molar-refractivity contribution in [3.8, 4) is 17.2 Å². The van der Waals surface area contributed by atoms with E-state index in [9.17, 15) is 0 Å². The van der Waals surface area contributed by atoms with Gasteiger partial charge in [0.15, 0.2) is 5.96 Å². The summed E-state index contributed by atoms with van der Waals surface area (Å²) >= 11 is 0. The van der Waals surface area contributed by atoms with Crippen LogP contribution < -0.4 is 24.8 Å². The molecule has 0 aliphatic carbocycles. The molecule has 0 aromatic heterocycles. The van der Waals surface area contributed by atoms with E-state index in [1.807, 2.05) is 12.1 Å². The van der Waals surface area contributed by atoms with Gasteiger partial charge in [0.2, 0.25) is 0 Å². The van der Waals surface area contributed by atoms with Crippen molar-refractivity contribution >= 4 is 5.96 Å². The summed E-state index contributed by atoms with van der Waals surface area (Å²) in [5.74, 6) is 3.04. The summed E-state index contributed by atoms with van der Waals surface area (Å²) in [5, 5.41) is 6.73. The van der Waals surface area contributed by atoms with Crippen LogP contribution in [0.25, 0.3) is 0 Å². The van der Waals surface area contributed by atoms with Crippen molar-refractivity contribution in [1.82, 2.24) is 15.5 Å². The van der Waals surface area contributed by atoms with Gasteiger partial charge in [0, 0.05) is 49.9 Å². The second-order valence-corrected chi connectivity index (χ2v) is 6.90. The topological polar surface area (TPSA) is 76.6 Å². The van der Waals surface area contributed by atoms with Crippen LogP contribution in [0.5, 0.6) is 17.2 Å². The van der Waals surface area contributed by atoms with E-state index in [2.05, 4.69) is 29.4 Å². The van der Waals surface area contributed by atoms with Gasteiger partial charge in [0.05, 0.1) is 41.1 Å². The fraction of sp³-hybridized carbons (Fsp3) is 0.667. The highest BCUT2D eigenvalue weighted by Crippen LogP contribution is 2.34. The first kappa shape index (κ1) is 23.1. The van der Waals surface area contributed by atoms with Gasteiger partial charge >= 0.3 is 0 Å². The maximum atomic E-state index is 5.53. The first-order chi connectivity index (χ1) is 14.1. The van der Waals surface area contributed by atoms with Crippen LogP contribution >= 0.6 is 0 Å². The second-order valence-electron chi connectivity index (χ2n) is 6.90. The molecule has 1 unspecified atom stereocenters. The third-order valence-electron chi connectivity index (χ3n) is 5.01. The molecule has 164 valence electrons. The maximum absolute atomic E-state index is 5.53. The van der Waals surface area contributed by atoms with E-state index in [0.29, 0.717) is 18.3 Å². The van der Waals surface area contributed by atoms with Crippen LogP contribution in [0.2, 0.25) is 0 Å². The van der Waals surface area contributed by atoms with Crippen LogP contribution in [0.1, 0.15) is 19.4 Å². The van der Waals surface area contributed by atoms with Crippen LogP contribution in [0, 0.1) is 0 Å². The Hall–Kier alpha value is -2.19. The Morgan fingerprint density at radius 3 is 2.31 bits per heavy atom. The van der Waals surface area contributed by atoms with Crippen LogP contribution in [0.4, 0.5) is 0 Å². The van der Waals surface area contributed by atoms with Gasteiger partial charge in [-0.25, -0.2) is 0 Å². The lowest BCUT2D eigenvalue weighted by Crippen LogP contribution is -2.44. The van der Waals surface area contributed by atoms with E-state index in [4.69, 9.17) is 23.9 Å². The zero-order chi connectivity index (χ0) is 21.1. The van der Waals surface area contributed by atoms with Gasteiger partial charge in [-0.15, -0.1) is 0 Å². The molecule has 0 bridgehead atoms. The van der Waals surface area contributed by atoms with Gasteiger partial charge in [-0.05, 0) is 20.3 Å². The Labute approximate surface area is 174 Å². The third kappa shape index (κ3) is 6.97. The minimum absolute atomic E-state index is 0.385. The molecule has 0 saturated carbocycles. The van der Waals surface area contributed by atoms with Crippen molar-refractivity contribution in [2.24, 2.45) is 4.99 Å². The van der Waals surface area contributed by atoms with Gasteiger partial charge < -0.3 is 29.6 Å². The highest BCUT2D eigenvalue weighted by atomic mass is 16.5. The Bertz CT molecular complexity index is 623. The van der Waals surface area contributed by atoms with E-state index < -0.39 is 0 Å². The quantitative estimate of drug-likeness (QED) is 0.449. The average Bonchev–Trinajstić information content (AvgIpc) is 2.77. The number of guanidine groups is 1. The number of ether oxygens (including phenoxy) is 4. The van der Waals surface area contributed by atoms with Crippen molar-refractivity contribution in [1.29, 1.82) is 0 Å². The normalized spacial score (nSPS) is 16.2. The van der Waals surface area contributed by atoms with E-state index in [1.54, 1.807) is 21.3 Å². The molecule has 1 fully saturated rings. The van der Waals surface area contributed by atoms with E-state index in [1.165, 1.54) is 0 Å². The Kier molecular flexibility index (Phi) is 9.87. The Morgan fingerprint density at radius 2 is 1.76 bits per heavy atom. The lowest BCUT2D eigenvalue weighted by atomic mass is 10.1. The monoisotopic (exact) mass is 408 g/mol. The Balaban J connectivity index is 1.96. The number of benzene rings is 1. The molecule has 1 aliphatic heterocycles. The highest BCUT2D eigenvalue weighted by molar-refractivity contribution is 5.79. The van der Waals surface area contributed by atoms with Crippen molar-refractivity contribution in [2.75, 3.05) is 67.3 Å². The number of morpholine rings is 1. The zero-order valence-corrected chi connectivity index (χ0v) is 18.4. The number of rotatable bonds is 10. The standard InChI is InChI=1S/C21H36N4O4/c1-6-22-21(24-15-16(2)25-9-11-29-12-10-25)23-8-7-18-19(27-4)13-17(26-3)14-20(18)28-5/h13-14,16H,6-12,15H2,1-5H3,(H2,22,23,24). The van der Waals surface area contributed by atoms with E-state index in [0.717, 1.165) is 68.8 Å².